The van der Waals surface area contributed by atoms with Gasteiger partial charge in [0.15, 0.2) is 0 Å². The van der Waals surface area contributed by atoms with Gasteiger partial charge in [-0.2, -0.15) is 0 Å². The van der Waals surface area contributed by atoms with Crippen LogP contribution >= 0.6 is 0 Å². The van der Waals surface area contributed by atoms with E-state index in [1.807, 2.05) is 12.4 Å². The molecule has 4 nitrogen and oxygen atoms in total. The van der Waals surface area contributed by atoms with Crippen molar-refractivity contribution in [3.63, 3.8) is 0 Å². The van der Waals surface area contributed by atoms with Gasteiger partial charge in [-0.3, -0.25) is 4.90 Å². The summed E-state index contributed by atoms with van der Waals surface area (Å²) in [6.07, 6.45) is 7.01. The van der Waals surface area contributed by atoms with Crippen molar-refractivity contribution >= 4 is 0 Å². The zero-order valence-corrected chi connectivity index (χ0v) is 10.5. The Bertz CT molecular complexity index is 339. The van der Waals surface area contributed by atoms with Crippen molar-refractivity contribution in [1.82, 2.24) is 14.9 Å². The summed E-state index contributed by atoms with van der Waals surface area (Å²) in [5.41, 5.74) is 1.17. The summed E-state index contributed by atoms with van der Waals surface area (Å²) in [5, 5.41) is 9.09. The van der Waals surface area contributed by atoms with Gasteiger partial charge in [0, 0.05) is 44.1 Å². The standard InChI is InChI=1S/C13H21N3O/c1-2-3-13-14-6-12(7-15-13)9-16-5-4-11(8-16)10-17/h6-7,11,17H,2-5,8-10H2,1H3/t11-/m0/s1. The quantitative estimate of drug-likeness (QED) is 0.834. The van der Waals surface area contributed by atoms with Crippen LogP contribution in [0.1, 0.15) is 31.2 Å². The van der Waals surface area contributed by atoms with Gasteiger partial charge in [0.1, 0.15) is 5.82 Å². The highest BCUT2D eigenvalue weighted by Crippen LogP contribution is 2.17. The van der Waals surface area contributed by atoms with E-state index in [-0.39, 0.29) is 0 Å². The molecule has 0 radical (unpaired) electrons. The molecule has 0 amide bonds. The fourth-order valence-corrected chi connectivity index (χ4v) is 2.28. The number of aliphatic hydroxyl groups is 1. The van der Waals surface area contributed by atoms with Crippen LogP contribution in [-0.2, 0) is 13.0 Å². The summed E-state index contributed by atoms with van der Waals surface area (Å²) < 4.78 is 0. The number of aliphatic hydroxyl groups excluding tert-OH is 1. The molecule has 0 spiro atoms. The van der Waals surface area contributed by atoms with Crippen LogP contribution in [0.15, 0.2) is 12.4 Å². The maximum absolute atomic E-state index is 9.09. The van der Waals surface area contributed by atoms with E-state index in [1.165, 1.54) is 5.56 Å². The third-order valence-corrected chi connectivity index (χ3v) is 3.27. The molecule has 94 valence electrons. The molecule has 17 heavy (non-hydrogen) atoms. The highest BCUT2D eigenvalue weighted by Gasteiger charge is 2.21. The molecule has 0 bridgehead atoms. The number of nitrogens with zero attached hydrogens (tertiary/aromatic N) is 3. The van der Waals surface area contributed by atoms with E-state index in [2.05, 4.69) is 21.8 Å². The van der Waals surface area contributed by atoms with E-state index in [0.29, 0.717) is 12.5 Å². The van der Waals surface area contributed by atoms with Crippen LogP contribution in [0, 0.1) is 5.92 Å². The van der Waals surface area contributed by atoms with Gasteiger partial charge in [-0.15, -0.1) is 0 Å². The van der Waals surface area contributed by atoms with Gasteiger partial charge in [0.25, 0.3) is 0 Å². The topological polar surface area (TPSA) is 49.2 Å². The third-order valence-electron chi connectivity index (χ3n) is 3.27. The summed E-state index contributed by atoms with van der Waals surface area (Å²) in [5.74, 6) is 1.39. The normalized spacial score (nSPS) is 20.9. The Balaban J connectivity index is 1.86. The number of hydrogen-bond acceptors (Lipinski definition) is 4. The number of likely N-dealkylation sites (tertiary alicyclic amines) is 1. The fraction of sp³-hybridized carbons (Fsp3) is 0.692. The van der Waals surface area contributed by atoms with Gasteiger partial charge >= 0.3 is 0 Å². The molecule has 1 saturated heterocycles. The maximum Gasteiger partial charge on any atom is 0.128 e. The Labute approximate surface area is 103 Å². The van der Waals surface area contributed by atoms with Gasteiger partial charge < -0.3 is 5.11 Å². The Kier molecular flexibility index (Phi) is 4.45. The highest BCUT2D eigenvalue weighted by atomic mass is 16.3. The lowest BCUT2D eigenvalue weighted by molar-refractivity contribution is 0.220. The first kappa shape index (κ1) is 12.5. The van der Waals surface area contributed by atoms with Gasteiger partial charge in [-0.25, -0.2) is 9.97 Å². The Morgan fingerprint density at radius 3 is 2.76 bits per heavy atom. The van der Waals surface area contributed by atoms with Gasteiger partial charge in [-0.05, 0) is 25.3 Å². The van der Waals surface area contributed by atoms with Crippen molar-refractivity contribution in [2.24, 2.45) is 5.92 Å². The average molecular weight is 235 g/mol. The summed E-state index contributed by atoms with van der Waals surface area (Å²) >= 11 is 0. The molecule has 1 N–H and O–H groups in total. The summed E-state index contributed by atoms with van der Waals surface area (Å²) in [4.78, 5) is 11.1. The molecule has 1 atom stereocenters. The molecule has 4 heteroatoms. The summed E-state index contributed by atoms with van der Waals surface area (Å²) in [7, 11) is 0. The Morgan fingerprint density at radius 1 is 1.41 bits per heavy atom. The second kappa shape index (κ2) is 6.07. The molecule has 2 heterocycles. The van der Waals surface area contributed by atoms with Gasteiger partial charge in [0.05, 0.1) is 0 Å². The minimum absolute atomic E-state index is 0.308. The van der Waals surface area contributed by atoms with Crippen molar-refractivity contribution in [2.75, 3.05) is 19.7 Å². The lowest BCUT2D eigenvalue weighted by atomic mass is 10.1. The van der Waals surface area contributed by atoms with Crippen molar-refractivity contribution in [2.45, 2.75) is 32.7 Å². The Hall–Kier alpha value is -1.00. The van der Waals surface area contributed by atoms with Crippen molar-refractivity contribution in [1.29, 1.82) is 0 Å². The lowest BCUT2D eigenvalue weighted by Gasteiger charge is -2.15. The minimum atomic E-state index is 0.308. The predicted molar refractivity (Wildman–Crippen MR) is 66.5 cm³/mol. The molecular weight excluding hydrogens is 214 g/mol. The lowest BCUT2D eigenvalue weighted by Crippen LogP contribution is -2.21. The predicted octanol–water partition coefficient (Wildman–Crippen LogP) is 1.24. The number of aryl methyl sites for hydroxylation is 1. The minimum Gasteiger partial charge on any atom is -0.396 e. The second-order valence-corrected chi connectivity index (χ2v) is 4.83. The van der Waals surface area contributed by atoms with E-state index in [9.17, 15) is 0 Å². The van der Waals surface area contributed by atoms with Crippen LogP contribution in [0.5, 0.6) is 0 Å². The van der Waals surface area contributed by atoms with Gasteiger partial charge in [0.2, 0.25) is 0 Å². The molecule has 0 unspecified atom stereocenters. The first-order valence-corrected chi connectivity index (χ1v) is 6.44. The largest absolute Gasteiger partial charge is 0.396 e. The van der Waals surface area contributed by atoms with Crippen molar-refractivity contribution in [3.05, 3.63) is 23.8 Å². The summed E-state index contributed by atoms with van der Waals surface area (Å²) in [6.45, 7) is 5.41. The highest BCUT2D eigenvalue weighted by molar-refractivity contribution is 5.05. The van der Waals surface area contributed by atoms with Crippen molar-refractivity contribution in [3.8, 4) is 0 Å². The first-order chi connectivity index (χ1) is 8.31. The Morgan fingerprint density at radius 2 is 2.18 bits per heavy atom. The van der Waals surface area contributed by atoms with Crippen molar-refractivity contribution < 1.29 is 5.11 Å². The second-order valence-electron chi connectivity index (χ2n) is 4.83. The first-order valence-electron chi connectivity index (χ1n) is 6.44. The van der Waals surface area contributed by atoms with E-state index in [4.69, 9.17) is 5.11 Å². The fourth-order valence-electron chi connectivity index (χ4n) is 2.28. The van der Waals surface area contributed by atoms with E-state index >= 15 is 0 Å². The molecular formula is C13H21N3O. The van der Waals surface area contributed by atoms with Crippen LogP contribution < -0.4 is 0 Å². The monoisotopic (exact) mass is 235 g/mol. The maximum atomic E-state index is 9.09. The van der Waals surface area contributed by atoms with Gasteiger partial charge in [-0.1, -0.05) is 6.92 Å². The number of hydrogen-bond donors (Lipinski definition) is 1. The number of aromatic nitrogens is 2. The van der Waals surface area contributed by atoms with E-state index in [0.717, 1.165) is 44.7 Å². The van der Waals surface area contributed by atoms with Crippen LogP contribution in [0.4, 0.5) is 0 Å². The van der Waals surface area contributed by atoms with Crippen LogP contribution in [0.3, 0.4) is 0 Å². The molecule has 1 aromatic rings. The third kappa shape index (κ3) is 3.48. The SMILES string of the molecule is CCCc1ncc(CN2CC[C@H](CO)C2)cn1. The number of rotatable bonds is 5. The van der Waals surface area contributed by atoms with E-state index in [1.54, 1.807) is 0 Å². The molecule has 1 aliphatic rings. The van der Waals surface area contributed by atoms with Crippen LogP contribution in [0.2, 0.25) is 0 Å². The van der Waals surface area contributed by atoms with Crippen LogP contribution in [0.25, 0.3) is 0 Å². The average Bonchev–Trinajstić information content (AvgIpc) is 2.80. The molecule has 0 aromatic carbocycles. The summed E-state index contributed by atoms with van der Waals surface area (Å²) in [6, 6.07) is 0. The zero-order chi connectivity index (χ0) is 12.1. The van der Waals surface area contributed by atoms with E-state index < -0.39 is 0 Å². The molecule has 0 saturated carbocycles. The zero-order valence-electron chi connectivity index (χ0n) is 10.5. The molecule has 0 aliphatic carbocycles. The molecule has 1 aromatic heterocycles. The smallest absolute Gasteiger partial charge is 0.128 e. The van der Waals surface area contributed by atoms with Crippen LogP contribution in [-0.4, -0.2) is 39.7 Å². The molecule has 1 aliphatic heterocycles. The molecule has 1 fully saturated rings. The molecule has 2 rings (SSSR count).